The van der Waals surface area contributed by atoms with Crippen molar-refractivity contribution in [3.63, 3.8) is 0 Å². The van der Waals surface area contributed by atoms with Crippen molar-refractivity contribution in [2.24, 2.45) is 0 Å². The highest BCUT2D eigenvalue weighted by molar-refractivity contribution is 9.14. The lowest BCUT2D eigenvalue weighted by Gasteiger charge is -2.19. The molecule has 0 unspecified atom stereocenters. The molecule has 0 amide bonds. The summed E-state index contributed by atoms with van der Waals surface area (Å²) < 4.78 is 96.5. The van der Waals surface area contributed by atoms with Gasteiger partial charge >= 0.3 is 0 Å². The van der Waals surface area contributed by atoms with E-state index in [1.165, 1.54) is 24.3 Å². The fourth-order valence-electron chi connectivity index (χ4n) is 2.85. The van der Waals surface area contributed by atoms with Crippen molar-refractivity contribution in [2.75, 3.05) is 0 Å². The molecule has 0 aliphatic carbocycles. The van der Waals surface area contributed by atoms with Gasteiger partial charge in [0.1, 0.15) is 46.5 Å². The smallest absolute Gasteiger partial charge is 0.205 e. The molecule has 0 heterocycles. The number of nitriles is 4. The molecule has 3 rings (SSSR count). The van der Waals surface area contributed by atoms with E-state index in [9.17, 15) is 26.3 Å². The second-order valence-electron chi connectivity index (χ2n) is 6.61. The number of benzene rings is 3. The van der Waals surface area contributed by atoms with Crippen molar-refractivity contribution in [1.29, 1.82) is 21.0 Å². The van der Waals surface area contributed by atoms with Crippen molar-refractivity contribution < 1.29 is 35.8 Å². The number of nitrogens with zero attached hydrogens (tertiary/aromatic N) is 4. The third-order valence-corrected chi connectivity index (χ3v) is 8.69. The zero-order chi connectivity index (χ0) is 28.6. The Labute approximate surface area is 241 Å². The maximum atomic E-state index is 14.8. The first-order valence-electron chi connectivity index (χ1n) is 9.10. The van der Waals surface area contributed by atoms with Crippen LogP contribution < -0.4 is 9.47 Å². The fourth-order valence-corrected chi connectivity index (χ4v) is 5.22. The molecule has 16 heteroatoms. The summed E-state index contributed by atoms with van der Waals surface area (Å²) in [5.41, 5.74) is -4.63. The summed E-state index contributed by atoms with van der Waals surface area (Å²) in [5.74, 6) is -14.8. The Hall–Kier alpha value is -3.28. The van der Waals surface area contributed by atoms with Crippen LogP contribution in [0.4, 0.5) is 26.3 Å². The highest BCUT2D eigenvalue weighted by Gasteiger charge is 2.32. The van der Waals surface area contributed by atoms with Crippen LogP contribution in [0.5, 0.6) is 23.0 Å². The first-order chi connectivity index (χ1) is 17.9. The normalized spacial score (nSPS) is 10.3. The monoisotopic (exact) mass is 782 g/mol. The molecule has 3 aromatic rings. The van der Waals surface area contributed by atoms with Crippen molar-refractivity contribution in [2.45, 2.75) is 0 Å². The van der Waals surface area contributed by atoms with E-state index in [0.29, 0.717) is 0 Å². The molecule has 0 saturated carbocycles. The molecule has 3 aromatic carbocycles. The highest BCUT2D eigenvalue weighted by Crippen LogP contribution is 2.53. The van der Waals surface area contributed by atoms with Crippen LogP contribution in [0.1, 0.15) is 22.3 Å². The van der Waals surface area contributed by atoms with Gasteiger partial charge in [-0.2, -0.15) is 29.8 Å². The lowest BCUT2D eigenvalue weighted by molar-refractivity contribution is 0.373. The van der Waals surface area contributed by atoms with E-state index >= 15 is 0 Å². The number of rotatable bonds is 4. The highest BCUT2D eigenvalue weighted by atomic mass is 79.9. The molecule has 0 bridgehead atoms. The summed E-state index contributed by atoms with van der Waals surface area (Å²) in [6.45, 7) is 0. The van der Waals surface area contributed by atoms with Gasteiger partial charge in [0.05, 0.1) is 17.9 Å². The maximum Gasteiger partial charge on any atom is 0.205 e. The first kappa shape index (κ1) is 29.3. The Balaban J connectivity index is 2.23. The maximum absolute atomic E-state index is 14.8. The topological polar surface area (TPSA) is 114 Å². The number of hydrogen-bond donors (Lipinski definition) is 0. The molecule has 0 N–H and O–H groups in total. The predicted octanol–water partition coefficient (Wildman–Crippen LogP) is 8.64. The lowest BCUT2D eigenvalue weighted by Crippen LogP contribution is -2.06. The molecule has 0 fully saturated rings. The largest absolute Gasteiger partial charge is 0.449 e. The minimum Gasteiger partial charge on any atom is -0.449 e. The van der Waals surface area contributed by atoms with Crippen LogP contribution in [0.3, 0.4) is 0 Å². The summed E-state index contributed by atoms with van der Waals surface area (Å²) in [5, 5.41) is 36.0. The van der Waals surface area contributed by atoms with E-state index in [-0.39, 0.29) is 17.9 Å². The molecule has 0 radical (unpaired) electrons. The third kappa shape index (κ3) is 4.59. The third-order valence-electron chi connectivity index (χ3n) is 4.60. The molecule has 190 valence electrons. The van der Waals surface area contributed by atoms with Gasteiger partial charge in [0.2, 0.25) is 23.1 Å². The van der Waals surface area contributed by atoms with Gasteiger partial charge in [-0.05, 0) is 63.7 Å². The quantitative estimate of drug-likeness (QED) is 0.193. The molecule has 0 aliphatic rings. The molecule has 38 heavy (non-hydrogen) atoms. The van der Waals surface area contributed by atoms with Crippen LogP contribution in [0.25, 0.3) is 0 Å². The van der Waals surface area contributed by atoms with E-state index in [1.807, 2.05) is 0 Å². The lowest BCUT2D eigenvalue weighted by atomic mass is 10.1. The Bertz CT molecular complexity index is 1580. The minimum absolute atomic E-state index is 0.264. The minimum atomic E-state index is -1.94. The second-order valence-corrected chi connectivity index (χ2v) is 9.78. The summed E-state index contributed by atoms with van der Waals surface area (Å²) in [6.07, 6.45) is 0. The van der Waals surface area contributed by atoms with E-state index in [4.69, 9.17) is 30.5 Å². The van der Waals surface area contributed by atoms with Gasteiger partial charge in [-0.15, -0.1) is 0 Å². The average Bonchev–Trinajstić information content (AvgIpc) is 2.90. The molecule has 0 aromatic heterocycles. The van der Waals surface area contributed by atoms with E-state index in [1.54, 1.807) is 0 Å². The molecule has 0 spiro atoms. The van der Waals surface area contributed by atoms with Crippen LogP contribution in [-0.2, 0) is 0 Å². The molecule has 0 atom stereocenters. The van der Waals surface area contributed by atoms with Crippen LogP contribution in [0.15, 0.2) is 17.9 Å². The van der Waals surface area contributed by atoms with Gasteiger partial charge in [0.25, 0.3) is 0 Å². The van der Waals surface area contributed by atoms with Gasteiger partial charge in [-0.25, -0.2) is 17.6 Å². The van der Waals surface area contributed by atoms with Gasteiger partial charge in [-0.1, -0.05) is 0 Å². The Morgan fingerprint density at radius 1 is 0.395 bits per heavy atom. The summed E-state index contributed by atoms with van der Waals surface area (Å²) in [4.78, 5) is 0. The van der Waals surface area contributed by atoms with Gasteiger partial charge in [0.15, 0.2) is 34.8 Å². The first-order valence-corrected chi connectivity index (χ1v) is 12.3. The van der Waals surface area contributed by atoms with Crippen LogP contribution in [0.2, 0.25) is 0 Å². The number of halogens is 10. The Morgan fingerprint density at radius 2 is 0.632 bits per heavy atom. The fraction of sp³-hybridized carbons (Fsp3) is 0. The SMILES string of the molecule is N#Cc1c(F)c(F)c(Oc2c(Br)c(Br)c(Oc3c(F)c(F)c(C#N)c(C#N)c3F)c(Br)c2Br)c(F)c1C#N. The van der Waals surface area contributed by atoms with Crippen LogP contribution in [-0.4, -0.2) is 0 Å². The van der Waals surface area contributed by atoms with Crippen molar-refractivity contribution in [1.82, 2.24) is 0 Å². The molecule has 6 nitrogen and oxygen atoms in total. The zero-order valence-corrected chi connectivity index (χ0v) is 23.7. The van der Waals surface area contributed by atoms with Crippen molar-refractivity contribution in [3.8, 4) is 47.3 Å². The van der Waals surface area contributed by atoms with Crippen molar-refractivity contribution in [3.05, 3.63) is 75.0 Å². The number of hydrogen-bond acceptors (Lipinski definition) is 6. The molecular formula is C22Br4F6N4O2. The Kier molecular flexibility index (Phi) is 8.65. The molecule has 0 saturated heterocycles. The summed E-state index contributed by atoms with van der Waals surface area (Å²) in [7, 11) is 0. The van der Waals surface area contributed by atoms with Gasteiger partial charge in [0, 0.05) is 0 Å². The number of ether oxygens (including phenoxy) is 2. The summed E-state index contributed by atoms with van der Waals surface area (Å²) in [6, 6.07) is 4.84. The van der Waals surface area contributed by atoms with E-state index in [0.717, 1.165) is 0 Å². The summed E-state index contributed by atoms with van der Waals surface area (Å²) >= 11 is 12.0. The predicted molar refractivity (Wildman–Crippen MR) is 129 cm³/mol. The van der Waals surface area contributed by atoms with Gasteiger partial charge in [-0.3, -0.25) is 0 Å². The average molecular weight is 786 g/mol. The Morgan fingerprint density at radius 3 is 0.868 bits per heavy atom. The zero-order valence-electron chi connectivity index (χ0n) is 17.4. The van der Waals surface area contributed by atoms with Crippen molar-refractivity contribution >= 4 is 63.7 Å². The van der Waals surface area contributed by atoms with E-state index in [2.05, 4.69) is 63.7 Å². The molecule has 0 aliphatic heterocycles. The molecular weight excluding hydrogens is 786 g/mol. The van der Waals surface area contributed by atoms with Gasteiger partial charge < -0.3 is 9.47 Å². The van der Waals surface area contributed by atoms with Crippen LogP contribution in [0, 0.1) is 80.2 Å². The standard InChI is InChI=1S/C22Br4F6N4O2/c23-9-11(25)20(38-22-16(30)8(4-36)6(2-34)14(28)18(22)32)12(26)10(24)19(9)37-21-15(29)7(3-35)5(1-33)13(27)17(21)31. The van der Waals surface area contributed by atoms with Crippen LogP contribution >= 0.6 is 63.7 Å². The van der Waals surface area contributed by atoms with E-state index < -0.39 is 80.2 Å². The second kappa shape index (κ2) is 11.2.